The molecule has 6 heteroatoms. The lowest BCUT2D eigenvalue weighted by Gasteiger charge is -2.38. The van der Waals surface area contributed by atoms with Gasteiger partial charge in [-0.25, -0.2) is 0 Å². The van der Waals surface area contributed by atoms with E-state index in [1.165, 1.54) is 0 Å². The zero-order valence-electron chi connectivity index (χ0n) is 19.4. The summed E-state index contributed by atoms with van der Waals surface area (Å²) in [6, 6.07) is 30.5. The van der Waals surface area contributed by atoms with E-state index in [4.69, 9.17) is 0 Å². The molecule has 1 aliphatic heterocycles. The number of phenols is 2. The number of piperazine rings is 1. The van der Waals surface area contributed by atoms with Crippen LogP contribution in [-0.4, -0.2) is 34.1 Å². The zero-order valence-corrected chi connectivity index (χ0v) is 19.4. The van der Waals surface area contributed by atoms with E-state index in [2.05, 4.69) is 10.6 Å². The largest absolute Gasteiger partial charge is 0.508 e. The van der Waals surface area contributed by atoms with Crippen molar-refractivity contribution in [3.05, 3.63) is 131 Å². The van der Waals surface area contributed by atoms with Gasteiger partial charge in [-0.05, 0) is 23.3 Å². The van der Waals surface area contributed by atoms with Crippen LogP contribution in [0.25, 0.3) is 0 Å². The maximum Gasteiger partial charge on any atom is 0.244 e. The van der Waals surface area contributed by atoms with Gasteiger partial charge in [-0.15, -0.1) is 0 Å². The van der Waals surface area contributed by atoms with Crippen LogP contribution in [0, 0.1) is 0 Å². The Morgan fingerprint density at radius 2 is 0.833 bits per heavy atom. The van der Waals surface area contributed by atoms with E-state index in [1.807, 2.05) is 60.7 Å². The van der Waals surface area contributed by atoms with Gasteiger partial charge in [-0.3, -0.25) is 9.59 Å². The van der Waals surface area contributed by atoms with Crippen molar-refractivity contribution in [2.45, 2.75) is 23.9 Å². The second-order valence-electron chi connectivity index (χ2n) is 8.87. The molecule has 0 saturated carbocycles. The molecule has 4 unspecified atom stereocenters. The molecule has 0 bridgehead atoms. The number of benzene rings is 4. The van der Waals surface area contributed by atoms with Gasteiger partial charge in [0, 0.05) is 23.0 Å². The number of phenolic OH excluding ortho intramolecular Hbond substituents is 2. The van der Waals surface area contributed by atoms with Crippen molar-refractivity contribution in [2.75, 3.05) is 0 Å². The number of hydrogen-bond donors (Lipinski definition) is 4. The van der Waals surface area contributed by atoms with Gasteiger partial charge in [-0.1, -0.05) is 97.1 Å². The van der Waals surface area contributed by atoms with Crippen molar-refractivity contribution in [1.82, 2.24) is 10.6 Å². The normalized spacial score (nSPS) is 19.1. The van der Waals surface area contributed by atoms with E-state index in [0.717, 1.165) is 11.1 Å². The van der Waals surface area contributed by atoms with Crippen LogP contribution in [0.15, 0.2) is 109 Å². The molecule has 4 N–H and O–H groups in total. The highest BCUT2D eigenvalue weighted by Crippen LogP contribution is 2.38. The molecular weight excluding hydrogens is 452 g/mol. The van der Waals surface area contributed by atoms with Crippen molar-refractivity contribution >= 4 is 11.8 Å². The Morgan fingerprint density at radius 3 is 1.19 bits per heavy atom. The van der Waals surface area contributed by atoms with Crippen LogP contribution in [0.1, 0.15) is 34.1 Å². The van der Waals surface area contributed by atoms with Gasteiger partial charge in [0.15, 0.2) is 0 Å². The predicted octanol–water partition coefficient (Wildman–Crippen LogP) is 4.05. The van der Waals surface area contributed by atoms with Crippen LogP contribution in [0.5, 0.6) is 11.5 Å². The fourth-order valence-electron chi connectivity index (χ4n) is 5.01. The first kappa shape index (κ1) is 23.2. The topological polar surface area (TPSA) is 98.7 Å². The summed E-state index contributed by atoms with van der Waals surface area (Å²) in [5.41, 5.74) is 2.67. The summed E-state index contributed by atoms with van der Waals surface area (Å²) < 4.78 is 0. The van der Waals surface area contributed by atoms with Crippen LogP contribution in [0.2, 0.25) is 0 Å². The SMILES string of the molecule is O=C1NC(C(c2ccccc2)c2ccccc2O)C(=O)NC1C(c1ccccc1)c1ccccc1O. The van der Waals surface area contributed by atoms with E-state index in [-0.39, 0.29) is 23.3 Å². The Hall–Kier alpha value is -4.58. The van der Waals surface area contributed by atoms with Crippen molar-refractivity contribution in [2.24, 2.45) is 0 Å². The highest BCUT2D eigenvalue weighted by atomic mass is 16.3. The Kier molecular flexibility index (Phi) is 6.41. The number of hydrogen-bond acceptors (Lipinski definition) is 4. The number of carbonyl (C=O) groups excluding carboxylic acids is 2. The Labute approximate surface area is 209 Å². The number of carbonyl (C=O) groups is 2. The maximum absolute atomic E-state index is 13.6. The summed E-state index contributed by atoms with van der Waals surface area (Å²) in [5.74, 6) is -1.84. The predicted molar refractivity (Wildman–Crippen MR) is 137 cm³/mol. The third kappa shape index (κ3) is 4.41. The molecular formula is C30H26N2O4. The lowest BCUT2D eigenvalue weighted by molar-refractivity contribution is -0.137. The molecule has 180 valence electrons. The molecule has 0 aliphatic carbocycles. The summed E-state index contributed by atoms with van der Waals surface area (Å²) >= 11 is 0. The first-order chi connectivity index (χ1) is 17.5. The monoisotopic (exact) mass is 478 g/mol. The number of para-hydroxylation sites is 2. The molecule has 1 fully saturated rings. The van der Waals surface area contributed by atoms with Crippen LogP contribution < -0.4 is 10.6 Å². The average molecular weight is 479 g/mol. The van der Waals surface area contributed by atoms with Gasteiger partial charge in [-0.2, -0.15) is 0 Å². The Bertz CT molecular complexity index is 1270. The van der Waals surface area contributed by atoms with Crippen LogP contribution in [-0.2, 0) is 9.59 Å². The first-order valence-electron chi connectivity index (χ1n) is 11.8. The Balaban J connectivity index is 1.54. The molecule has 1 heterocycles. The second-order valence-corrected chi connectivity index (χ2v) is 8.87. The molecule has 4 aromatic rings. The van der Waals surface area contributed by atoms with Crippen LogP contribution in [0.3, 0.4) is 0 Å². The summed E-state index contributed by atoms with van der Waals surface area (Å²) in [6.45, 7) is 0. The third-order valence-corrected chi connectivity index (χ3v) is 6.69. The minimum Gasteiger partial charge on any atom is -0.508 e. The quantitative estimate of drug-likeness (QED) is 0.336. The lowest BCUT2D eigenvalue weighted by atomic mass is 9.79. The lowest BCUT2D eigenvalue weighted by Crippen LogP contribution is -2.65. The number of aromatic hydroxyl groups is 2. The fourth-order valence-corrected chi connectivity index (χ4v) is 5.01. The van der Waals surface area contributed by atoms with E-state index >= 15 is 0 Å². The molecule has 1 aliphatic rings. The van der Waals surface area contributed by atoms with Gasteiger partial charge >= 0.3 is 0 Å². The summed E-state index contributed by atoms with van der Waals surface area (Å²) in [5, 5.41) is 27.1. The van der Waals surface area contributed by atoms with Gasteiger partial charge < -0.3 is 20.8 Å². The minimum atomic E-state index is -0.940. The van der Waals surface area contributed by atoms with Crippen LogP contribution >= 0.6 is 0 Å². The number of nitrogens with one attached hydrogen (secondary N) is 2. The van der Waals surface area contributed by atoms with Crippen molar-refractivity contribution < 1.29 is 19.8 Å². The average Bonchev–Trinajstić information content (AvgIpc) is 2.90. The molecule has 0 radical (unpaired) electrons. The molecule has 0 aromatic heterocycles. The smallest absolute Gasteiger partial charge is 0.244 e. The summed E-state index contributed by atoms with van der Waals surface area (Å²) in [6.07, 6.45) is 0. The highest BCUT2D eigenvalue weighted by Gasteiger charge is 2.44. The van der Waals surface area contributed by atoms with Gasteiger partial charge in [0.1, 0.15) is 23.6 Å². The Morgan fingerprint density at radius 1 is 0.500 bits per heavy atom. The highest BCUT2D eigenvalue weighted by molar-refractivity contribution is 5.99. The summed E-state index contributed by atoms with van der Waals surface area (Å²) in [7, 11) is 0. The van der Waals surface area contributed by atoms with Gasteiger partial charge in [0.05, 0.1) is 0 Å². The van der Waals surface area contributed by atoms with Gasteiger partial charge in [0.25, 0.3) is 0 Å². The molecule has 4 aromatic carbocycles. The molecule has 6 nitrogen and oxygen atoms in total. The molecule has 5 rings (SSSR count). The van der Waals surface area contributed by atoms with Gasteiger partial charge in [0.2, 0.25) is 11.8 Å². The minimum absolute atomic E-state index is 0.0481. The van der Waals surface area contributed by atoms with Crippen molar-refractivity contribution in [3.63, 3.8) is 0 Å². The number of rotatable bonds is 6. The fraction of sp³-hybridized carbons (Fsp3) is 0.133. The van der Waals surface area contributed by atoms with E-state index in [0.29, 0.717) is 11.1 Å². The first-order valence-corrected chi connectivity index (χ1v) is 11.8. The molecule has 1 saturated heterocycles. The van der Waals surface area contributed by atoms with E-state index < -0.39 is 23.9 Å². The molecule has 0 spiro atoms. The van der Waals surface area contributed by atoms with E-state index in [9.17, 15) is 19.8 Å². The van der Waals surface area contributed by atoms with Crippen molar-refractivity contribution in [3.8, 4) is 11.5 Å². The molecule has 4 atom stereocenters. The standard InChI is InChI=1S/C30H26N2O4/c33-23-17-9-7-15-21(23)25(19-11-3-1-4-12-19)27-29(35)32-28(30(36)31-27)26(20-13-5-2-6-14-20)22-16-8-10-18-24(22)34/h1-18,25-28,33-34H,(H,31,36)(H,32,35). The van der Waals surface area contributed by atoms with Crippen LogP contribution in [0.4, 0.5) is 0 Å². The molecule has 36 heavy (non-hydrogen) atoms. The molecule has 2 amide bonds. The second kappa shape index (κ2) is 9.96. The van der Waals surface area contributed by atoms with Crippen molar-refractivity contribution in [1.29, 1.82) is 0 Å². The maximum atomic E-state index is 13.6. The third-order valence-electron chi connectivity index (χ3n) is 6.69. The summed E-state index contributed by atoms with van der Waals surface area (Å²) in [4.78, 5) is 27.3. The number of amides is 2. The zero-order chi connectivity index (χ0) is 25.1. The van der Waals surface area contributed by atoms with E-state index in [1.54, 1.807) is 48.5 Å².